The van der Waals surface area contributed by atoms with Crippen molar-refractivity contribution in [2.45, 2.75) is 122 Å². The quantitative estimate of drug-likeness (QED) is 0.0326. The Morgan fingerprint density at radius 3 is 2.03 bits per heavy atom. The van der Waals surface area contributed by atoms with Gasteiger partial charge in [-0.1, -0.05) is 51.1 Å². The first-order chi connectivity index (χ1) is 36.4. The fourth-order valence-electron chi connectivity index (χ4n) is 8.50. The molecule has 4 atom stereocenters. The molecule has 4 rings (SSSR count). The normalized spacial score (nSPS) is 12.8. The molecular weight excluding hydrogens is 1010 g/mol. The number of pyridine rings is 1. The highest BCUT2D eigenvalue weighted by Gasteiger charge is 2.38. The molecule has 0 saturated heterocycles. The van der Waals surface area contributed by atoms with Crippen molar-refractivity contribution in [2.24, 2.45) is 11.1 Å². The van der Waals surface area contributed by atoms with Crippen LogP contribution < -0.4 is 27.0 Å². The Kier molecular flexibility index (Phi) is 23.7. The van der Waals surface area contributed by atoms with Crippen LogP contribution in [0.5, 0.6) is 0 Å². The number of ketones is 2. The number of aromatic nitrogens is 2. The van der Waals surface area contributed by atoms with E-state index in [1.54, 1.807) is 49.7 Å². The van der Waals surface area contributed by atoms with Gasteiger partial charge in [0, 0.05) is 87.1 Å². The van der Waals surface area contributed by atoms with E-state index in [0.717, 1.165) is 23.8 Å². The number of carboxylic acid groups (broad SMARTS) is 2. The highest BCUT2D eigenvalue weighted by atomic mass is 19.1. The maximum Gasteiger partial charge on any atom is 0.303 e. The molecule has 0 aliphatic heterocycles. The number of aliphatic carboxylic acids is 2. The summed E-state index contributed by atoms with van der Waals surface area (Å²) < 4.78 is 31.8. The summed E-state index contributed by atoms with van der Waals surface area (Å²) in [6.45, 7) is 3.99. The molecule has 2 heterocycles. The van der Waals surface area contributed by atoms with Gasteiger partial charge in [-0.25, -0.2) is 8.78 Å². The predicted molar refractivity (Wildman–Crippen MR) is 274 cm³/mol. The van der Waals surface area contributed by atoms with Gasteiger partial charge in [0.15, 0.2) is 5.78 Å². The lowest BCUT2D eigenvalue weighted by Crippen LogP contribution is -2.56. The molecule has 6 amide bonds. The average molecular weight is 1070 g/mol. The van der Waals surface area contributed by atoms with Gasteiger partial charge in [0.05, 0.1) is 31.3 Å². The molecule has 9 N–H and O–H groups in total. The van der Waals surface area contributed by atoms with Crippen molar-refractivity contribution in [3.05, 3.63) is 114 Å². The molecular formula is C54H66F2N8O13. The van der Waals surface area contributed by atoms with Gasteiger partial charge < -0.3 is 51.8 Å². The number of aliphatic hydroxyl groups is 1. The van der Waals surface area contributed by atoms with Crippen LogP contribution in [-0.2, 0) is 60.9 Å². The Hall–Kier alpha value is -8.21. The zero-order valence-electron chi connectivity index (χ0n) is 43.1. The lowest BCUT2D eigenvalue weighted by atomic mass is 9.82. The first-order valence-corrected chi connectivity index (χ1v) is 24.9. The predicted octanol–water partition coefficient (Wildman–Crippen LogP) is 3.29. The zero-order valence-corrected chi connectivity index (χ0v) is 43.1. The third-order valence-corrected chi connectivity index (χ3v) is 12.2. The number of nitrogens with one attached hydrogen (secondary N) is 4. The van der Waals surface area contributed by atoms with E-state index in [-0.39, 0.29) is 82.1 Å². The molecule has 0 fully saturated rings. The van der Waals surface area contributed by atoms with Gasteiger partial charge in [0.2, 0.25) is 35.4 Å². The number of halogens is 2. The highest BCUT2D eigenvalue weighted by molar-refractivity contribution is 5.95. The summed E-state index contributed by atoms with van der Waals surface area (Å²) in [7, 11) is 0. The van der Waals surface area contributed by atoms with Crippen molar-refractivity contribution in [1.29, 1.82) is 0 Å². The van der Waals surface area contributed by atoms with E-state index in [0.29, 0.717) is 11.3 Å². The van der Waals surface area contributed by atoms with Crippen molar-refractivity contribution in [1.82, 2.24) is 35.7 Å². The van der Waals surface area contributed by atoms with Crippen LogP contribution in [0.15, 0.2) is 85.3 Å². The highest BCUT2D eigenvalue weighted by Crippen LogP contribution is 2.41. The standard InChI is InChI=1S/C54H66F2N8O13/c1-54(2,3)51(43-27-35(38-28-36(55)11-14-39(38)56)31-63(43)30-34-8-5-4-6-9-34)64(48(71)32-65)25-21-41(62-53(77)42(29-45(57)68)61-47(70)26-33-19-23-58-24-20-33)52(76)59-22-7-10-44(67)40(15-18-50(74)75)60-46(69)16-12-37(66)13-17-49(72)73/h4-6,8-9,11,14,19-20,23-24,27-28,31,40-42,51,65H,7,10,12-13,15-18,21-22,25-26,29-30,32H2,1-3H3,(H2,57,68)(H,59,76)(H,60,69)(H,61,70)(H,62,77)(H,72,73)(H,74,75)/t40-,41+,42+,51+/m1/s1. The van der Waals surface area contributed by atoms with Crippen LogP contribution in [-0.4, -0.2) is 127 Å². The monoisotopic (exact) mass is 1070 g/mol. The lowest BCUT2D eigenvalue weighted by molar-refractivity contribution is -0.140. The number of hydrogen-bond acceptors (Lipinski definition) is 12. The number of amides is 6. The molecule has 23 heteroatoms. The van der Waals surface area contributed by atoms with E-state index >= 15 is 4.39 Å². The van der Waals surface area contributed by atoms with Gasteiger partial charge in [0.1, 0.15) is 36.1 Å². The van der Waals surface area contributed by atoms with Gasteiger partial charge in [0.25, 0.3) is 0 Å². The van der Waals surface area contributed by atoms with Crippen LogP contribution in [0.25, 0.3) is 11.1 Å². The Balaban J connectivity index is 1.65. The molecule has 0 spiro atoms. The lowest BCUT2D eigenvalue weighted by Gasteiger charge is -2.41. The van der Waals surface area contributed by atoms with Crippen LogP contribution in [0.2, 0.25) is 0 Å². The van der Waals surface area contributed by atoms with E-state index in [4.69, 9.17) is 10.8 Å². The third-order valence-electron chi connectivity index (χ3n) is 12.2. The van der Waals surface area contributed by atoms with Gasteiger partial charge in [-0.05, 0) is 72.2 Å². The molecule has 4 aromatic rings. The number of rotatable bonds is 32. The van der Waals surface area contributed by atoms with E-state index in [2.05, 4.69) is 26.3 Å². The third kappa shape index (κ3) is 20.4. The summed E-state index contributed by atoms with van der Waals surface area (Å²) in [6.07, 6.45) is 0.572. The Bertz CT molecular complexity index is 2730. The number of nitrogens with two attached hydrogens (primary N) is 1. The molecule has 21 nitrogen and oxygen atoms in total. The largest absolute Gasteiger partial charge is 0.481 e. The SMILES string of the molecule is CC(C)(C)[C@H](c1cc(-c2cc(F)ccc2F)cn1Cc1ccccc1)N(CC[C@H](NC(=O)[C@H](CC(N)=O)NC(=O)Cc1ccncc1)C(=O)NCCCC(=O)[C@@H](CCC(=O)O)NC(=O)CCC(=O)CCC(=O)O)C(=O)CO. The van der Waals surface area contributed by atoms with Gasteiger partial charge in [-0.2, -0.15) is 0 Å². The van der Waals surface area contributed by atoms with Gasteiger partial charge in [-0.15, -0.1) is 0 Å². The number of Topliss-reactive ketones (excluding diaryl/α,β-unsaturated/α-hetero) is 2. The second kappa shape index (κ2) is 29.8. The number of nitrogens with zero attached hydrogens (tertiary/aromatic N) is 3. The van der Waals surface area contributed by atoms with Crippen LogP contribution in [0.4, 0.5) is 8.78 Å². The minimum absolute atomic E-state index is 0.0646. The first-order valence-electron chi connectivity index (χ1n) is 24.9. The van der Waals surface area contributed by atoms with Crippen molar-refractivity contribution >= 4 is 58.9 Å². The summed E-state index contributed by atoms with van der Waals surface area (Å²) in [5, 5.41) is 38.7. The smallest absolute Gasteiger partial charge is 0.303 e. The van der Waals surface area contributed by atoms with E-state index < -0.39 is 126 Å². The summed E-state index contributed by atoms with van der Waals surface area (Å²) in [6, 6.07) is 11.4. The molecule has 414 valence electrons. The van der Waals surface area contributed by atoms with Gasteiger partial charge >= 0.3 is 11.9 Å². The summed E-state index contributed by atoms with van der Waals surface area (Å²) in [4.78, 5) is 133. The Morgan fingerprint density at radius 1 is 0.727 bits per heavy atom. The fourth-order valence-corrected chi connectivity index (χ4v) is 8.50. The number of primary amides is 1. The van der Waals surface area contributed by atoms with E-state index in [1.165, 1.54) is 17.3 Å². The number of carboxylic acids is 2. The van der Waals surface area contributed by atoms with Crippen LogP contribution >= 0.6 is 0 Å². The van der Waals surface area contributed by atoms with Crippen molar-refractivity contribution < 1.29 is 72.0 Å². The van der Waals surface area contributed by atoms with E-state index in [9.17, 15) is 62.5 Å². The number of carbonyl (C=O) groups excluding carboxylic acids is 8. The maximum absolute atomic E-state index is 15.4. The Labute approximate surface area is 443 Å². The second-order valence-electron chi connectivity index (χ2n) is 19.4. The minimum Gasteiger partial charge on any atom is -0.481 e. The van der Waals surface area contributed by atoms with Crippen molar-refractivity contribution in [3.63, 3.8) is 0 Å². The first kappa shape index (κ1) is 61.3. The second-order valence-corrected chi connectivity index (χ2v) is 19.4. The minimum atomic E-state index is -1.60. The summed E-state index contributed by atoms with van der Waals surface area (Å²) >= 11 is 0. The molecule has 2 aromatic carbocycles. The average Bonchev–Trinajstić information content (AvgIpc) is 3.77. The van der Waals surface area contributed by atoms with Crippen molar-refractivity contribution in [3.8, 4) is 11.1 Å². The molecule has 0 aliphatic carbocycles. The topological polar surface area (TPSA) is 327 Å². The molecule has 0 saturated carbocycles. The number of hydrogen-bond donors (Lipinski definition) is 8. The Morgan fingerprint density at radius 2 is 1.39 bits per heavy atom. The molecule has 0 bridgehead atoms. The molecule has 0 radical (unpaired) electrons. The molecule has 0 aliphatic rings. The molecule has 2 aromatic heterocycles. The van der Waals surface area contributed by atoms with Crippen LogP contribution in [0, 0.1) is 17.0 Å². The number of aliphatic hydroxyl groups excluding tert-OH is 1. The zero-order chi connectivity index (χ0) is 56.8. The van der Waals surface area contributed by atoms with Gasteiger partial charge in [-0.3, -0.25) is 52.9 Å². The van der Waals surface area contributed by atoms with Crippen LogP contribution in [0.3, 0.4) is 0 Å². The van der Waals surface area contributed by atoms with Crippen molar-refractivity contribution in [2.75, 3.05) is 19.7 Å². The summed E-state index contributed by atoms with van der Waals surface area (Å²) in [5.41, 5.74) is 6.57. The number of carbonyl (C=O) groups is 10. The molecule has 0 unspecified atom stereocenters. The number of benzene rings is 2. The van der Waals surface area contributed by atoms with Crippen LogP contribution in [0.1, 0.15) is 108 Å². The van der Waals surface area contributed by atoms with E-state index in [1.807, 2.05) is 30.3 Å². The fraction of sp³-hybridized carbons (Fsp3) is 0.426. The molecule has 77 heavy (non-hydrogen) atoms. The maximum atomic E-state index is 15.4. The summed E-state index contributed by atoms with van der Waals surface area (Å²) in [5.74, 6) is -10.1.